The van der Waals surface area contributed by atoms with Gasteiger partial charge in [-0.1, -0.05) is 30.3 Å². The minimum atomic E-state index is -6.66. The number of nitrogens with one attached hydrogen (secondary N) is 1. The van der Waals surface area contributed by atoms with Crippen molar-refractivity contribution < 1.29 is 45.1 Å². The van der Waals surface area contributed by atoms with Gasteiger partial charge in [0.05, 0.1) is 7.11 Å². The predicted octanol–water partition coefficient (Wildman–Crippen LogP) is 4.97. The molecule has 1 heterocycles. The van der Waals surface area contributed by atoms with Gasteiger partial charge in [-0.25, -0.2) is 4.79 Å². The molecule has 0 saturated carbocycles. The highest BCUT2D eigenvalue weighted by Crippen LogP contribution is 2.47. The summed E-state index contributed by atoms with van der Waals surface area (Å²) >= 11 is 0.485. The van der Waals surface area contributed by atoms with Crippen LogP contribution in [0.3, 0.4) is 0 Å². The lowest BCUT2D eigenvalue weighted by Crippen LogP contribution is -2.57. The maximum absolute atomic E-state index is 13.5. The number of alkyl halides is 7. The molecule has 28 heavy (non-hydrogen) atoms. The highest BCUT2D eigenvalue weighted by molar-refractivity contribution is 7.15. The Morgan fingerprint density at radius 1 is 1.00 bits per heavy atom. The van der Waals surface area contributed by atoms with E-state index >= 15 is 0 Å². The summed E-state index contributed by atoms with van der Waals surface area (Å²) in [4.78, 5) is 23.5. The molecular formula is C16H10F7NO3S. The zero-order chi connectivity index (χ0) is 21.3. The second-order valence-electron chi connectivity index (χ2n) is 5.31. The third kappa shape index (κ3) is 3.68. The number of esters is 1. The molecule has 1 aromatic heterocycles. The number of hydrogen-bond donors (Lipinski definition) is 1. The Morgan fingerprint density at radius 3 is 2.07 bits per heavy atom. The van der Waals surface area contributed by atoms with Crippen molar-refractivity contribution in [2.45, 2.75) is 18.0 Å². The number of carbonyl (C=O) groups is 2. The number of hydrogen-bond acceptors (Lipinski definition) is 4. The number of methoxy groups -OCH3 is 1. The SMILES string of the molecule is COC(=O)c1c(-c2ccccc2)csc1NC(=O)C(F)(F)C(F)(F)C(F)(F)F. The minimum Gasteiger partial charge on any atom is -0.465 e. The van der Waals surface area contributed by atoms with Crippen LogP contribution in [-0.2, 0) is 9.53 Å². The Hall–Kier alpha value is -2.63. The Balaban J connectivity index is 2.45. The zero-order valence-electron chi connectivity index (χ0n) is 13.7. The van der Waals surface area contributed by atoms with Crippen LogP contribution in [-0.4, -0.2) is 37.0 Å². The number of carbonyl (C=O) groups excluding carboxylic acids is 2. The van der Waals surface area contributed by atoms with Crippen molar-refractivity contribution in [3.05, 3.63) is 41.3 Å². The van der Waals surface area contributed by atoms with Gasteiger partial charge in [-0.3, -0.25) is 4.79 Å². The van der Waals surface area contributed by atoms with E-state index in [0.717, 1.165) is 7.11 Å². The standard InChI is InChI=1S/C16H10F7NO3S/c1-27-12(25)10-9(8-5-3-2-4-6-8)7-28-11(10)24-13(26)14(17,18)15(19,20)16(21,22)23/h2-7H,1H3,(H,24,26). The molecule has 0 radical (unpaired) electrons. The number of anilines is 1. The van der Waals surface area contributed by atoms with Crippen LogP contribution in [0.25, 0.3) is 11.1 Å². The quantitative estimate of drug-likeness (QED) is 0.539. The molecule has 12 heteroatoms. The fourth-order valence-corrected chi connectivity index (χ4v) is 3.04. The lowest BCUT2D eigenvalue weighted by Gasteiger charge is -2.26. The normalized spacial score (nSPS) is 12.6. The van der Waals surface area contributed by atoms with E-state index in [9.17, 15) is 40.3 Å². The summed E-state index contributed by atoms with van der Waals surface area (Å²) in [6.07, 6.45) is -6.66. The van der Waals surface area contributed by atoms with Gasteiger partial charge in [0.25, 0.3) is 0 Å². The fourth-order valence-electron chi connectivity index (χ4n) is 2.09. The van der Waals surface area contributed by atoms with Gasteiger partial charge in [0.2, 0.25) is 0 Å². The van der Waals surface area contributed by atoms with E-state index in [-0.39, 0.29) is 5.56 Å². The summed E-state index contributed by atoms with van der Waals surface area (Å²) in [5.41, 5.74) is 0.0452. The van der Waals surface area contributed by atoms with E-state index in [1.807, 2.05) is 0 Å². The number of halogens is 7. The minimum absolute atomic E-state index is 0.110. The van der Waals surface area contributed by atoms with Crippen molar-refractivity contribution in [2.24, 2.45) is 0 Å². The van der Waals surface area contributed by atoms with Gasteiger partial charge in [-0.05, 0) is 5.56 Å². The van der Waals surface area contributed by atoms with E-state index < -0.39 is 40.5 Å². The molecule has 2 aromatic rings. The number of thiophene rings is 1. The van der Waals surface area contributed by atoms with Crippen LogP contribution >= 0.6 is 11.3 Å². The number of benzene rings is 1. The van der Waals surface area contributed by atoms with Gasteiger partial charge in [-0.2, -0.15) is 30.7 Å². The second kappa shape index (κ2) is 7.41. The summed E-state index contributed by atoms with van der Waals surface area (Å²) in [7, 11) is 0.937. The van der Waals surface area contributed by atoms with Crippen molar-refractivity contribution in [1.82, 2.24) is 0 Å². The van der Waals surface area contributed by atoms with Gasteiger partial charge in [0.1, 0.15) is 10.6 Å². The summed E-state index contributed by atoms with van der Waals surface area (Å²) in [6.45, 7) is 0. The third-order valence-corrected chi connectivity index (χ3v) is 4.42. The van der Waals surface area contributed by atoms with Crippen LogP contribution in [0.15, 0.2) is 35.7 Å². The molecule has 1 N–H and O–H groups in total. The Kier molecular flexibility index (Phi) is 5.74. The smallest absolute Gasteiger partial charge is 0.460 e. The van der Waals surface area contributed by atoms with Crippen molar-refractivity contribution in [3.63, 3.8) is 0 Å². The van der Waals surface area contributed by atoms with Crippen molar-refractivity contribution in [2.75, 3.05) is 12.4 Å². The molecule has 0 fully saturated rings. The summed E-state index contributed by atoms with van der Waals surface area (Å²) in [5, 5.41) is 1.86. The average Bonchev–Trinajstić information content (AvgIpc) is 3.04. The topological polar surface area (TPSA) is 55.4 Å². The molecule has 0 aliphatic rings. The second-order valence-corrected chi connectivity index (χ2v) is 6.19. The van der Waals surface area contributed by atoms with E-state index in [0.29, 0.717) is 16.9 Å². The van der Waals surface area contributed by atoms with E-state index in [2.05, 4.69) is 4.74 Å². The zero-order valence-corrected chi connectivity index (χ0v) is 14.6. The Bertz CT molecular complexity index is 878. The van der Waals surface area contributed by atoms with Crippen LogP contribution in [0.1, 0.15) is 10.4 Å². The predicted molar refractivity (Wildman–Crippen MR) is 85.7 cm³/mol. The van der Waals surface area contributed by atoms with Gasteiger partial charge < -0.3 is 10.1 Å². The Morgan fingerprint density at radius 2 is 1.57 bits per heavy atom. The van der Waals surface area contributed by atoms with Gasteiger partial charge in [-0.15, -0.1) is 11.3 Å². The van der Waals surface area contributed by atoms with Crippen LogP contribution in [0, 0.1) is 0 Å². The molecule has 0 aliphatic carbocycles. The average molecular weight is 429 g/mol. The molecule has 0 unspecified atom stereocenters. The van der Waals surface area contributed by atoms with Crippen molar-refractivity contribution in [1.29, 1.82) is 0 Å². The molecule has 152 valence electrons. The first kappa shape index (κ1) is 21.7. The summed E-state index contributed by atoms with van der Waals surface area (Å²) in [5.74, 6) is -16.8. The maximum Gasteiger partial charge on any atom is 0.460 e. The number of ether oxygens (including phenoxy) is 1. The molecule has 4 nitrogen and oxygen atoms in total. The molecular weight excluding hydrogens is 419 g/mol. The first-order valence-corrected chi connectivity index (χ1v) is 8.11. The molecule has 0 atom stereocenters. The first-order chi connectivity index (χ1) is 12.8. The van der Waals surface area contributed by atoms with Crippen molar-refractivity contribution in [3.8, 4) is 11.1 Å². The lowest BCUT2D eigenvalue weighted by atomic mass is 10.0. The van der Waals surface area contributed by atoms with Gasteiger partial charge >= 0.3 is 29.9 Å². The van der Waals surface area contributed by atoms with Crippen LogP contribution in [0.4, 0.5) is 35.7 Å². The summed E-state index contributed by atoms with van der Waals surface area (Å²) in [6, 6.07) is 7.82. The molecule has 0 saturated heterocycles. The molecule has 1 amide bonds. The highest BCUT2D eigenvalue weighted by Gasteiger charge is 2.76. The fraction of sp³-hybridized carbons (Fsp3) is 0.250. The van der Waals surface area contributed by atoms with E-state index in [4.69, 9.17) is 0 Å². The van der Waals surface area contributed by atoms with E-state index in [1.54, 1.807) is 18.2 Å². The lowest BCUT2D eigenvalue weighted by molar-refractivity contribution is -0.343. The molecule has 0 spiro atoms. The van der Waals surface area contributed by atoms with Crippen molar-refractivity contribution >= 4 is 28.2 Å². The summed E-state index contributed by atoms with van der Waals surface area (Å²) < 4.78 is 94.3. The molecule has 0 aliphatic heterocycles. The molecule has 2 rings (SSSR count). The van der Waals surface area contributed by atoms with Gasteiger partial charge in [0, 0.05) is 10.9 Å². The monoisotopic (exact) mass is 429 g/mol. The third-order valence-electron chi connectivity index (χ3n) is 3.53. The number of amides is 1. The van der Waals surface area contributed by atoms with Crippen LogP contribution in [0.2, 0.25) is 0 Å². The van der Waals surface area contributed by atoms with Gasteiger partial charge in [0.15, 0.2) is 0 Å². The van der Waals surface area contributed by atoms with E-state index in [1.165, 1.54) is 22.8 Å². The molecule has 1 aromatic carbocycles. The number of rotatable bonds is 5. The van der Waals surface area contributed by atoms with Crippen LogP contribution in [0.5, 0.6) is 0 Å². The first-order valence-electron chi connectivity index (χ1n) is 7.23. The van der Waals surface area contributed by atoms with Crippen LogP contribution < -0.4 is 5.32 Å². The largest absolute Gasteiger partial charge is 0.465 e. The molecule has 0 bridgehead atoms. The highest BCUT2D eigenvalue weighted by atomic mass is 32.1. The maximum atomic E-state index is 13.5. The Labute approximate surface area is 156 Å².